The van der Waals surface area contributed by atoms with E-state index >= 15 is 0 Å². The average molecular weight is 259 g/mol. The Hall–Kier alpha value is -2.41. The van der Waals surface area contributed by atoms with Crippen molar-refractivity contribution < 1.29 is 0 Å². The maximum absolute atomic E-state index is 4.57. The molecule has 0 atom stereocenters. The van der Waals surface area contributed by atoms with Crippen molar-refractivity contribution in [2.45, 2.75) is 13.8 Å². The molecule has 0 spiro atoms. The van der Waals surface area contributed by atoms with Crippen molar-refractivity contribution in [3.05, 3.63) is 77.4 Å². The van der Waals surface area contributed by atoms with Gasteiger partial charge in [-0.05, 0) is 53.4 Å². The highest BCUT2D eigenvalue weighted by Crippen LogP contribution is 2.21. The minimum absolute atomic E-state index is 0.988. The van der Waals surface area contributed by atoms with E-state index in [-0.39, 0.29) is 0 Å². The first-order chi connectivity index (χ1) is 9.72. The number of aryl methyl sites for hydroxylation is 2. The molecule has 20 heavy (non-hydrogen) atoms. The van der Waals surface area contributed by atoms with E-state index in [1.807, 2.05) is 6.21 Å². The minimum Gasteiger partial charge on any atom is -0.256 e. The second-order valence-corrected chi connectivity index (χ2v) is 5.13. The van der Waals surface area contributed by atoms with Gasteiger partial charge in [-0.1, -0.05) is 48.5 Å². The van der Waals surface area contributed by atoms with Gasteiger partial charge in [-0.15, -0.1) is 0 Å². The van der Waals surface area contributed by atoms with Gasteiger partial charge < -0.3 is 0 Å². The summed E-state index contributed by atoms with van der Waals surface area (Å²) in [7, 11) is 0. The van der Waals surface area contributed by atoms with Crippen LogP contribution in [-0.4, -0.2) is 6.21 Å². The van der Waals surface area contributed by atoms with E-state index in [1.165, 1.54) is 21.9 Å². The summed E-state index contributed by atoms with van der Waals surface area (Å²) >= 11 is 0. The van der Waals surface area contributed by atoms with E-state index in [0.717, 1.165) is 11.3 Å². The molecule has 0 amide bonds. The number of hydrogen-bond acceptors (Lipinski definition) is 1. The van der Waals surface area contributed by atoms with E-state index in [0.29, 0.717) is 0 Å². The molecule has 0 saturated carbocycles. The van der Waals surface area contributed by atoms with E-state index in [2.05, 4.69) is 79.5 Å². The number of hydrogen-bond donors (Lipinski definition) is 0. The molecular weight excluding hydrogens is 242 g/mol. The lowest BCUT2D eigenvalue weighted by molar-refractivity contribution is 1.34. The summed E-state index contributed by atoms with van der Waals surface area (Å²) in [6, 6.07) is 21.0. The third kappa shape index (κ3) is 2.62. The highest BCUT2D eigenvalue weighted by atomic mass is 14.7. The fraction of sp³-hybridized carbons (Fsp3) is 0.105. The first kappa shape index (κ1) is 12.6. The zero-order valence-electron chi connectivity index (χ0n) is 11.8. The lowest BCUT2D eigenvalue weighted by Crippen LogP contribution is -1.85. The highest BCUT2D eigenvalue weighted by Gasteiger charge is 1.95. The molecule has 0 N–H and O–H groups in total. The average Bonchev–Trinajstić information content (AvgIpc) is 2.48. The van der Waals surface area contributed by atoms with Crippen LogP contribution < -0.4 is 0 Å². The second kappa shape index (κ2) is 5.30. The Morgan fingerprint density at radius 2 is 1.55 bits per heavy atom. The molecule has 0 aliphatic heterocycles. The van der Waals surface area contributed by atoms with E-state index in [4.69, 9.17) is 0 Å². The maximum Gasteiger partial charge on any atom is 0.0636 e. The summed E-state index contributed by atoms with van der Waals surface area (Å²) < 4.78 is 0. The molecule has 1 nitrogen and oxygen atoms in total. The molecule has 0 bridgehead atoms. The Balaban J connectivity index is 1.91. The number of rotatable bonds is 2. The molecule has 98 valence electrons. The molecule has 0 aromatic heterocycles. The van der Waals surface area contributed by atoms with Crippen molar-refractivity contribution in [1.29, 1.82) is 0 Å². The van der Waals surface area contributed by atoms with Crippen LogP contribution >= 0.6 is 0 Å². The molecule has 0 aliphatic rings. The van der Waals surface area contributed by atoms with Gasteiger partial charge in [0.2, 0.25) is 0 Å². The number of benzene rings is 3. The fourth-order valence-corrected chi connectivity index (χ4v) is 2.25. The third-order valence-corrected chi connectivity index (χ3v) is 3.63. The SMILES string of the molecule is Cc1ccc(C=Nc2ccc3ccccc3c2)cc1C. The van der Waals surface area contributed by atoms with Crippen molar-refractivity contribution >= 4 is 22.7 Å². The van der Waals surface area contributed by atoms with Crippen LogP contribution in [0.15, 0.2) is 65.7 Å². The van der Waals surface area contributed by atoms with Gasteiger partial charge in [-0.2, -0.15) is 0 Å². The van der Waals surface area contributed by atoms with Gasteiger partial charge in [-0.25, -0.2) is 0 Å². The Labute approximate surface area is 119 Å². The Kier molecular flexibility index (Phi) is 3.34. The van der Waals surface area contributed by atoms with Gasteiger partial charge in [-0.3, -0.25) is 4.99 Å². The van der Waals surface area contributed by atoms with Crippen LogP contribution in [0.3, 0.4) is 0 Å². The van der Waals surface area contributed by atoms with Gasteiger partial charge in [0.1, 0.15) is 0 Å². The van der Waals surface area contributed by atoms with Crippen LogP contribution in [-0.2, 0) is 0 Å². The maximum atomic E-state index is 4.57. The van der Waals surface area contributed by atoms with Crippen molar-refractivity contribution in [2.24, 2.45) is 4.99 Å². The molecule has 0 fully saturated rings. The molecular formula is C19H17N. The summed E-state index contributed by atoms with van der Waals surface area (Å²) in [6.07, 6.45) is 1.93. The summed E-state index contributed by atoms with van der Waals surface area (Å²) in [5.41, 5.74) is 4.74. The molecule has 0 unspecified atom stereocenters. The molecule has 1 heteroatoms. The summed E-state index contributed by atoms with van der Waals surface area (Å²) in [4.78, 5) is 4.57. The fourth-order valence-electron chi connectivity index (χ4n) is 2.25. The van der Waals surface area contributed by atoms with Crippen molar-refractivity contribution in [2.75, 3.05) is 0 Å². The molecule has 0 aliphatic carbocycles. The van der Waals surface area contributed by atoms with E-state index < -0.39 is 0 Å². The zero-order valence-corrected chi connectivity index (χ0v) is 11.8. The quantitative estimate of drug-likeness (QED) is 0.560. The van der Waals surface area contributed by atoms with Gasteiger partial charge >= 0.3 is 0 Å². The Morgan fingerprint density at radius 1 is 0.750 bits per heavy atom. The smallest absolute Gasteiger partial charge is 0.0636 e. The first-order valence-corrected chi connectivity index (χ1v) is 6.82. The van der Waals surface area contributed by atoms with Gasteiger partial charge in [0.05, 0.1) is 5.69 Å². The van der Waals surface area contributed by atoms with Crippen molar-refractivity contribution in [3.63, 3.8) is 0 Å². The van der Waals surface area contributed by atoms with Crippen molar-refractivity contribution in [3.8, 4) is 0 Å². The van der Waals surface area contributed by atoms with Gasteiger partial charge in [0, 0.05) is 6.21 Å². The van der Waals surface area contributed by atoms with Crippen LogP contribution in [0, 0.1) is 13.8 Å². The van der Waals surface area contributed by atoms with Gasteiger partial charge in [0.25, 0.3) is 0 Å². The van der Waals surface area contributed by atoms with E-state index in [1.54, 1.807) is 0 Å². The van der Waals surface area contributed by atoms with Crippen LogP contribution in [0.1, 0.15) is 16.7 Å². The molecule has 0 radical (unpaired) electrons. The van der Waals surface area contributed by atoms with Crippen LogP contribution in [0.25, 0.3) is 10.8 Å². The molecule has 3 rings (SSSR count). The third-order valence-electron chi connectivity index (χ3n) is 3.63. The lowest BCUT2D eigenvalue weighted by atomic mass is 10.1. The standard InChI is InChI=1S/C19H17N/c1-14-7-8-16(11-15(14)2)13-20-19-10-9-17-5-3-4-6-18(17)12-19/h3-13H,1-2H3. The molecule has 3 aromatic rings. The molecule has 0 saturated heterocycles. The predicted octanol–water partition coefficient (Wildman–Crippen LogP) is 5.21. The van der Waals surface area contributed by atoms with Crippen LogP contribution in [0.2, 0.25) is 0 Å². The lowest BCUT2D eigenvalue weighted by Gasteiger charge is -2.01. The monoisotopic (exact) mass is 259 g/mol. The summed E-state index contributed by atoms with van der Waals surface area (Å²) in [5.74, 6) is 0. The van der Waals surface area contributed by atoms with Gasteiger partial charge in [0.15, 0.2) is 0 Å². The molecule has 0 heterocycles. The topological polar surface area (TPSA) is 12.4 Å². The Bertz CT molecular complexity index is 785. The number of aliphatic imine (C=N–C) groups is 1. The summed E-state index contributed by atoms with van der Waals surface area (Å²) in [5, 5.41) is 2.47. The predicted molar refractivity (Wildman–Crippen MR) is 87.1 cm³/mol. The highest BCUT2D eigenvalue weighted by molar-refractivity contribution is 5.87. The second-order valence-electron chi connectivity index (χ2n) is 5.13. The largest absolute Gasteiger partial charge is 0.256 e. The number of fused-ring (bicyclic) bond motifs is 1. The van der Waals surface area contributed by atoms with Crippen LogP contribution in [0.4, 0.5) is 5.69 Å². The zero-order chi connectivity index (χ0) is 13.9. The summed E-state index contributed by atoms with van der Waals surface area (Å²) in [6.45, 7) is 4.25. The normalized spacial score (nSPS) is 11.3. The van der Waals surface area contributed by atoms with Crippen molar-refractivity contribution in [1.82, 2.24) is 0 Å². The Morgan fingerprint density at radius 3 is 2.35 bits per heavy atom. The first-order valence-electron chi connectivity index (χ1n) is 6.82. The van der Waals surface area contributed by atoms with E-state index in [9.17, 15) is 0 Å². The minimum atomic E-state index is 0.988. The number of nitrogens with zero attached hydrogens (tertiary/aromatic N) is 1. The molecule has 3 aromatic carbocycles. The van der Waals surface area contributed by atoms with Crippen LogP contribution in [0.5, 0.6) is 0 Å².